The molecule has 0 aliphatic rings. The van der Waals surface area contributed by atoms with Gasteiger partial charge in [-0.1, -0.05) is 74.5 Å². The molecule has 16 heteroatoms. The summed E-state index contributed by atoms with van der Waals surface area (Å²) in [4.78, 5) is 29.4. The predicted octanol–water partition coefficient (Wildman–Crippen LogP) is 5.87. The zero-order chi connectivity index (χ0) is 34.8. The van der Waals surface area contributed by atoms with Crippen LogP contribution in [0.15, 0.2) is 58.5 Å². The summed E-state index contributed by atoms with van der Waals surface area (Å²) in [5.74, 6) is -11.2. The van der Waals surface area contributed by atoms with Gasteiger partial charge in [-0.25, -0.2) is 27.7 Å². The fourth-order valence-corrected chi connectivity index (χ4v) is 6.60. The van der Waals surface area contributed by atoms with Gasteiger partial charge in [-0.2, -0.15) is 17.6 Å². The van der Waals surface area contributed by atoms with Crippen LogP contribution in [0.3, 0.4) is 0 Å². The number of halogens is 4. The van der Waals surface area contributed by atoms with Gasteiger partial charge in [0.25, 0.3) is 10.0 Å². The number of aryl methyl sites for hydroxylation is 1. The molecule has 0 bridgehead atoms. The van der Waals surface area contributed by atoms with E-state index in [1.54, 1.807) is 43.3 Å². The van der Waals surface area contributed by atoms with Crippen molar-refractivity contribution in [2.75, 3.05) is 25.5 Å². The minimum Gasteiger partial charge on any atom is -0.461 e. The van der Waals surface area contributed by atoms with Crippen LogP contribution < -0.4 is 10.0 Å². The van der Waals surface area contributed by atoms with E-state index in [9.17, 15) is 35.6 Å². The maximum atomic E-state index is 14.3. The second kappa shape index (κ2) is 16.5. The van der Waals surface area contributed by atoms with Gasteiger partial charge in [0.2, 0.25) is 0 Å². The summed E-state index contributed by atoms with van der Waals surface area (Å²) in [6, 6.07) is 12.0. The summed E-state index contributed by atoms with van der Waals surface area (Å²) in [5, 5.41) is 11.0. The summed E-state index contributed by atoms with van der Waals surface area (Å²) < 4.78 is 90.8. The van der Waals surface area contributed by atoms with Crippen molar-refractivity contribution in [2.45, 2.75) is 74.8 Å². The molecule has 3 rings (SSSR count). The van der Waals surface area contributed by atoms with Crippen molar-refractivity contribution in [3.05, 3.63) is 65.6 Å². The highest BCUT2D eigenvalue weighted by atomic mass is 32.2. The third-order valence-electron chi connectivity index (χ3n) is 6.91. The van der Waals surface area contributed by atoms with Crippen LogP contribution in [-0.2, 0) is 27.7 Å². The number of urea groups is 1. The third kappa shape index (κ3) is 9.47. The Bertz CT molecular complexity index is 1630. The molecule has 0 aliphatic heterocycles. The van der Waals surface area contributed by atoms with Crippen molar-refractivity contribution in [1.29, 1.82) is 0 Å². The number of aliphatic hydroxyl groups is 1. The largest absolute Gasteiger partial charge is 0.461 e. The van der Waals surface area contributed by atoms with Crippen LogP contribution in [0.1, 0.15) is 61.9 Å². The van der Waals surface area contributed by atoms with Crippen LogP contribution in [0.25, 0.3) is 11.1 Å². The zero-order valence-corrected chi connectivity index (χ0v) is 27.8. The number of sulfonamides is 1. The number of hydrogen-bond acceptors (Lipinski definition) is 8. The monoisotopic (exact) mass is 702 g/mol. The molecule has 0 saturated carbocycles. The van der Waals surface area contributed by atoms with E-state index in [1.165, 1.54) is 16.7 Å². The van der Waals surface area contributed by atoms with Gasteiger partial charge < -0.3 is 19.7 Å². The van der Waals surface area contributed by atoms with Crippen LogP contribution in [0.4, 0.5) is 22.4 Å². The standard InChI is InChI=1S/C31H38F4N4O6S2/c1-4-7-12-25-37-27(46-20-31(34,35)30(32,33)19-40)26(28(41)45-6-3)39(25)18-21-13-15-22(16-14-21)23-10-8-9-11-24(23)47(43,44)38-29(42)36-17-5-2/h8-11,13-16,40H,4-7,12,17-20H2,1-3H3,(H2,36,38,42). The fourth-order valence-electron chi connectivity index (χ4n) is 4.41. The summed E-state index contributed by atoms with van der Waals surface area (Å²) in [5.41, 5.74) is 1.29. The van der Waals surface area contributed by atoms with Crippen molar-refractivity contribution in [3.8, 4) is 11.1 Å². The van der Waals surface area contributed by atoms with E-state index in [0.717, 1.165) is 6.42 Å². The lowest BCUT2D eigenvalue weighted by Gasteiger charge is -2.24. The van der Waals surface area contributed by atoms with E-state index in [1.807, 2.05) is 18.6 Å². The van der Waals surface area contributed by atoms with Crippen molar-refractivity contribution >= 4 is 33.8 Å². The molecule has 0 radical (unpaired) electrons. The second-order valence-corrected chi connectivity index (χ2v) is 13.1. The Morgan fingerprint density at radius 3 is 2.30 bits per heavy atom. The van der Waals surface area contributed by atoms with Gasteiger partial charge in [0, 0.05) is 25.1 Å². The van der Waals surface area contributed by atoms with Gasteiger partial charge in [-0.15, -0.1) is 0 Å². The van der Waals surface area contributed by atoms with Crippen molar-refractivity contribution in [2.24, 2.45) is 0 Å². The quantitative estimate of drug-likeness (QED) is 0.0902. The number of alkyl halides is 4. The smallest absolute Gasteiger partial charge is 0.357 e. The third-order valence-corrected chi connectivity index (χ3v) is 9.36. The molecule has 0 spiro atoms. The maximum Gasteiger partial charge on any atom is 0.357 e. The first-order valence-electron chi connectivity index (χ1n) is 15.0. The van der Waals surface area contributed by atoms with Gasteiger partial charge in [-0.05, 0) is 37.0 Å². The minimum absolute atomic E-state index is 0.0311. The van der Waals surface area contributed by atoms with Crippen LogP contribution >= 0.6 is 11.8 Å². The first-order chi connectivity index (χ1) is 22.2. The first kappa shape index (κ1) is 37.8. The number of unbranched alkanes of at least 4 members (excludes halogenated alkanes) is 1. The molecule has 0 saturated heterocycles. The number of nitrogens with zero attached hydrogens (tertiary/aromatic N) is 2. The lowest BCUT2D eigenvalue weighted by atomic mass is 10.0. The first-order valence-corrected chi connectivity index (χ1v) is 17.4. The SMILES string of the molecule is CCCCc1nc(SCC(F)(F)C(F)(F)CO)c(C(=O)OCC)n1Cc1ccc(-c2ccccc2S(=O)(=O)NC(=O)NCCC)cc1. The average molecular weight is 703 g/mol. The Hall–Kier alpha value is -3.63. The fraction of sp³-hybridized carbons (Fsp3) is 0.452. The molecule has 47 heavy (non-hydrogen) atoms. The number of ether oxygens (including phenoxy) is 1. The number of esters is 1. The summed E-state index contributed by atoms with van der Waals surface area (Å²) >= 11 is 0.276. The number of aromatic nitrogens is 2. The molecule has 0 fully saturated rings. The van der Waals surface area contributed by atoms with E-state index in [4.69, 9.17) is 9.84 Å². The Morgan fingerprint density at radius 2 is 1.68 bits per heavy atom. The highest BCUT2D eigenvalue weighted by Gasteiger charge is 2.55. The molecule has 0 aliphatic carbocycles. The van der Waals surface area contributed by atoms with Gasteiger partial charge in [0.15, 0.2) is 5.69 Å². The number of hydrogen-bond donors (Lipinski definition) is 3. The Labute approximate surface area is 275 Å². The lowest BCUT2D eigenvalue weighted by Crippen LogP contribution is -2.45. The molecular weight excluding hydrogens is 664 g/mol. The Balaban J connectivity index is 1.99. The molecule has 10 nitrogen and oxygen atoms in total. The Morgan fingerprint density at radius 1 is 1.00 bits per heavy atom. The molecular formula is C31H38F4N4O6S2. The number of benzene rings is 2. The number of carbonyl (C=O) groups excluding carboxylic acids is 2. The minimum atomic E-state index is -4.67. The molecule has 258 valence electrons. The highest BCUT2D eigenvalue weighted by Crippen LogP contribution is 2.39. The molecule has 3 N–H and O–H groups in total. The summed E-state index contributed by atoms with van der Waals surface area (Å²) in [6.45, 7) is 3.56. The van der Waals surface area contributed by atoms with E-state index < -0.39 is 46.2 Å². The molecule has 3 aromatic rings. The summed E-state index contributed by atoms with van der Waals surface area (Å²) in [7, 11) is -4.23. The van der Waals surface area contributed by atoms with Crippen LogP contribution in [0.5, 0.6) is 0 Å². The molecule has 1 heterocycles. The molecule has 2 aromatic carbocycles. The van der Waals surface area contributed by atoms with E-state index in [-0.39, 0.29) is 40.5 Å². The van der Waals surface area contributed by atoms with Crippen LogP contribution in [0.2, 0.25) is 0 Å². The van der Waals surface area contributed by atoms with Gasteiger partial charge in [0.05, 0.1) is 17.3 Å². The topological polar surface area (TPSA) is 140 Å². The number of carbonyl (C=O) groups is 2. The van der Waals surface area contributed by atoms with Gasteiger partial charge in [0.1, 0.15) is 17.5 Å². The number of thioether (sulfide) groups is 1. The highest BCUT2D eigenvalue weighted by molar-refractivity contribution is 7.99. The van der Waals surface area contributed by atoms with Gasteiger partial charge >= 0.3 is 23.8 Å². The Kier molecular flexibility index (Phi) is 13.2. The van der Waals surface area contributed by atoms with E-state index >= 15 is 0 Å². The van der Waals surface area contributed by atoms with E-state index in [2.05, 4.69) is 10.3 Å². The lowest BCUT2D eigenvalue weighted by molar-refractivity contribution is -0.212. The molecule has 1 aromatic heterocycles. The number of aliphatic hydroxyl groups excluding tert-OH is 1. The van der Waals surface area contributed by atoms with Gasteiger partial charge in [-0.3, -0.25) is 0 Å². The number of amides is 2. The maximum absolute atomic E-state index is 14.3. The van der Waals surface area contributed by atoms with Crippen LogP contribution in [0, 0.1) is 0 Å². The summed E-state index contributed by atoms with van der Waals surface area (Å²) in [6.07, 6.45) is 2.36. The normalized spacial score (nSPS) is 12.2. The molecule has 2 amide bonds. The molecule has 0 atom stereocenters. The number of nitrogens with one attached hydrogen (secondary N) is 2. The van der Waals surface area contributed by atoms with Crippen molar-refractivity contribution in [1.82, 2.24) is 19.6 Å². The second-order valence-electron chi connectivity index (χ2n) is 10.5. The number of rotatable bonds is 17. The zero-order valence-electron chi connectivity index (χ0n) is 26.2. The predicted molar refractivity (Wildman–Crippen MR) is 169 cm³/mol. The number of imidazole rings is 1. The van der Waals surface area contributed by atoms with Crippen molar-refractivity contribution < 1.29 is 45.4 Å². The van der Waals surface area contributed by atoms with E-state index in [0.29, 0.717) is 48.3 Å². The van der Waals surface area contributed by atoms with Crippen LogP contribution in [-0.4, -0.2) is 72.4 Å². The average Bonchev–Trinajstić information content (AvgIpc) is 3.38. The molecule has 0 unspecified atom stereocenters. The van der Waals surface area contributed by atoms with Crippen molar-refractivity contribution in [3.63, 3.8) is 0 Å².